The van der Waals surface area contributed by atoms with Gasteiger partial charge in [-0.1, -0.05) is 72.8 Å². The summed E-state index contributed by atoms with van der Waals surface area (Å²) in [6, 6.07) is 39.5. The first kappa shape index (κ1) is 20.4. The summed E-state index contributed by atoms with van der Waals surface area (Å²) in [7, 11) is -1.94. The Labute approximate surface area is 180 Å². The van der Waals surface area contributed by atoms with Crippen LogP contribution in [0.4, 0.5) is 0 Å². The van der Waals surface area contributed by atoms with Gasteiger partial charge in [0.1, 0.15) is 28.9 Å². The Morgan fingerprint density at radius 2 is 1.17 bits per heavy atom. The lowest BCUT2D eigenvalue weighted by Gasteiger charge is -2.29. The summed E-state index contributed by atoms with van der Waals surface area (Å²) in [5.41, 5.74) is 2.61. The first-order chi connectivity index (χ1) is 14.8. The van der Waals surface area contributed by atoms with Crippen LogP contribution in [-0.4, -0.2) is 6.61 Å². The molecule has 0 bridgehead atoms. The highest BCUT2D eigenvalue weighted by Gasteiger charge is 2.46. The van der Waals surface area contributed by atoms with Crippen molar-refractivity contribution in [2.24, 2.45) is 0 Å². The minimum atomic E-state index is -1.94. The summed E-state index contributed by atoms with van der Waals surface area (Å²) in [5.74, 6) is 0.985. The highest BCUT2D eigenvalue weighted by molar-refractivity contribution is 7.95. The van der Waals surface area contributed by atoms with Crippen molar-refractivity contribution in [1.82, 2.24) is 0 Å². The molecule has 1 nitrogen and oxygen atoms in total. The van der Waals surface area contributed by atoms with Crippen molar-refractivity contribution < 1.29 is 4.74 Å². The standard InChI is InChI=1S/C28H28OP/c1-3-29-27-20-13-21-28(23(27)2)30(25-16-9-5-10-17-25,26-18-11-6-12-19-26)22-24-14-7-4-8-15-24/h4-21H,3,22H2,1-2H3/q+1. The van der Waals surface area contributed by atoms with Gasteiger partial charge in [-0.2, -0.15) is 0 Å². The van der Waals surface area contributed by atoms with E-state index in [-0.39, 0.29) is 0 Å². The van der Waals surface area contributed by atoms with Gasteiger partial charge < -0.3 is 4.74 Å². The van der Waals surface area contributed by atoms with E-state index < -0.39 is 7.26 Å². The zero-order valence-corrected chi connectivity index (χ0v) is 18.6. The Hall–Kier alpha value is -2.89. The minimum Gasteiger partial charge on any atom is -0.493 e. The van der Waals surface area contributed by atoms with Gasteiger partial charge in [0.15, 0.2) is 0 Å². The largest absolute Gasteiger partial charge is 0.493 e. The average Bonchev–Trinajstić information content (AvgIpc) is 2.81. The normalized spacial score (nSPS) is 11.3. The molecule has 0 aliphatic heterocycles. The van der Waals surface area contributed by atoms with E-state index in [2.05, 4.69) is 116 Å². The van der Waals surface area contributed by atoms with Crippen LogP contribution < -0.4 is 20.7 Å². The van der Waals surface area contributed by atoms with E-state index in [9.17, 15) is 0 Å². The third-order valence-electron chi connectivity index (χ3n) is 5.62. The van der Waals surface area contributed by atoms with Gasteiger partial charge in [0.2, 0.25) is 0 Å². The Kier molecular flexibility index (Phi) is 6.31. The lowest BCUT2D eigenvalue weighted by molar-refractivity contribution is 0.338. The van der Waals surface area contributed by atoms with Crippen LogP contribution in [0.5, 0.6) is 5.75 Å². The topological polar surface area (TPSA) is 9.23 Å². The van der Waals surface area contributed by atoms with E-state index in [1.807, 2.05) is 6.92 Å². The summed E-state index contributed by atoms with van der Waals surface area (Å²) >= 11 is 0. The fraction of sp³-hybridized carbons (Fsp3) is 0.143. The number of rotatable bonds is 7. The molecular weight excluding hydrogens is 383 g/mol. The van der Waals surface area contributed by atoms with E-state index in [0.29, 0.717) is 6.61 Å². The van der Waals surface area contributed by atoms with Crippen molar-refractivity contribution in [3.05, 3.63) is 120 Å². The summed E-state index contributed by atoms with van der Waals surface area (Å²) in [4.78, 5) is 0. The fourth-order valence-corrected chi connectivity index (χ4v) is 8.78. The van der Waals surface area contributed by atoms with Crippen LogP contribution in [0.3, 0.4) is 0 Å². The highest BCUT2D eigenvalue weighted by atomic mass is 31.2. The quantitative estimate of drug-likeness (QED) is 0.345. The third kappa shape index (κ3) is 3.91. The smallest absolute Gasteiger partial charge is 0.126 e. The maximum atomic E-state index is 6.01. The van der Waals surface area contributed by atoms with Crippen LogP contribution >= 0.6 is 7.26 Å². The Morgan fingerprint density at radius 1 is 0.633 bits per heavy atom. The second kappa shape index (κ2) is 9.28. The SMILES string of the molecule is CCOc1cccc([P+](Cc2ccccc2)(c2ccccc2)c2ccccc2)c1C. The molecule has 0 amide bonds. The molecule has 0 unspecified atom stereocenters. The van der Waals surface area contributed by atoms with Crippen molar-refractivity contribution >= 4 is 23.2 Å². The van der Waals surface area contributed by atoms with E-state index >= 15 is 0 Å². The van der Waals surface area contributed by atoms with Gasteiger partial charge in [-0.25, -0.2) is 0 Å². The predicted octanol–water partition coefficient (Wildman–Crippen LogP) is 5.89. The molecule has 2 heteroatoms. The maximum Gasteiger partial charge on any atom is 0.126 e. The molecule has 150 valence electrons. The summed E-state index contributed by atoms with van der Waals surface area (Å²) < 4.78 is 6.01. The van der Waals surface area contributed by atoms with Crippen molar-refractivity contribution in [3.63, 3.8) is 0 Å². The highest BCUT2D eigenvalue weighted by Crippen LogP contribution is 2.59. The van der Waals surface area contributed by atoms with Crippen LogP contribution in [0.1, 0.15) is 18.1 Å². The average molecular weight is 412 g/mol. The molecule has 0 saturated heterocycles. The van der Waals surface area contributed by atoms with Gasteiger partial charge in [-0.3, -0.25) is 0 Å². The first-order valence-corrected chi connectivity index (χ1v) is 12.5. The molecule has 0 aliphatic rings. The van der Waals surface area contributed by atoms with Gasteiger partial charge in [-0.05, 0) is 55.8 Å². The zero-order valence-electron chi connectivity index (χ0n) is 17.7. The molecule has 30 heavy (non-hydrogen) atoms. The molecule has 0 spiro atoms. The van der Waals surface area contributed by atoms with Crippen LogP contribution in [0, 0.1) is 6.92 Å². The molecule has 0 fully saturated rings. The van der Waals surface area contributed by atoms with E-state index in [1.165, 1.54) is 27.0 Å². The number of benzene rings is 4. The summed E-state index contributed by atoms with van der Waals surface area (Å²) in [6.45, 7) is 4.93. The zero-order chi connectivity index (χ0) is 20.8. The molecule has 0 aromatic heterocycles. The lowest BCUT2D eigenvalue weighted by atomic mass is 10.2. The predicted molar refractivity (Wildman–Crippen MR) is 131 cm³/mol. The van der Waals surface area contributed by atoms with Crippen LogP contribution in [0.25, 0.3) is 0 Å². The Bertz CT molecular complexity index is 1040. The van der Waals surface area contributed by atoms with Crippen molar-refractivity contribution in [3.8, 4) is 5.75 Å². The van der Waals surface area contributed by atoms with Gasteiger partial charge >= 0.3 is 0 Å². The fourth-order valence-electron chi connectivity index (χ4n) is 4.25. The van der Waals surface area contributed by atoms with Crippen LogP contribution in [-0.2, 0) is 6.16 Å². The van der Waals surface area contributed by atoms with E-state index in [1.54, 1.807) is 0 Å². The van der Waals surface area contributed by atoms with Gasteiger partial charge in [-0.15, -0.1) is 0 Å². The van der Waals surface area contributed by atoms with Gasteiger partial charge in [0.25, 0.3) is 0 Å². The van der Waals surface area contributed by atoms with Crippen molar-refractivity contribution in [2.45, 2.75) is 20.0 Å². The van der Waals surface area contributed by atoms with Crippen molar-refractivity contribution in [2.75, 3.05) is 6.61 Å². The molecule has 4 aromatic carbocycles. The molecule has 0 radical (unpaired) electrons. The second-order valence-electron chi connectivity index (χ2n) is 7.46. The van der Waals surface area contributed by atoms with Gasteiger partial charge in [0.05, 0.1) is 12.8 Å². The Morgan fingerprint density at radius 3 is 1.70 bits per heavy atom. The molecule has 0 saturated carbocycles. The molecule has 4 aromatic rings. The lowest BCUT2D eigenvalue weighted by Crippen LogP contribution is -2.34. The van der Waals surface area contributed by atoms with Crippen LogP contribution in [0.2, 0.25) is 0 Å². The minimum absolute atomic E-state index is 0.672. The molecule has 4 rings (SSSR count). The molecule has 0 heterocycles. The van der Waals surface area contributed by atoms with Crippen LogP contribution in [0.15, 0.2) is 109 Å². The third-order valence-corrected chi connectivity index (χ3v) is 10.1. The molecule has 0 aliphatic carbocycles. The number of hydrogen-bond acceptors (Lipinski definition) is 1. The maximum absolute atomic E-state index is 6.01. The summed E-state index contributed by atoms with van der Waals surface area (Å²) in [5, 5.41) is 4.20. The monoisotopic (exact) mass is 411 g/mol. The second-order valence-corrected chi connectivity index (χ2v) is 10.9. The van der Waals surface area contributed by atoms with Crippen molar-refractivity contribution in [1.29, 1.82) is 0 Å². The Balaban J connectivity index is 2.04. The molecular formula is C28H28OP+. The summed E-state index contributed by atoms with van der Waals surface area (Å²) in [6.07, 6.45) is 0.984. The number of ether oxygens (including phenoxy) is 1. The van der Waals surface area contributed by atoms with Gasteiger partial charge in [0, 0.05) is 5.56 Å². The molecule has 0 atom stereocenters. The molecule has 0 N–H and O–H groups in total. The first-order valence-electron chi connectivity index (χ1n) is 10.5. The van der Waals surface area contributed by atoms with E-state index in [4.69, 9.17) is 4.74 Å². The van der Waals surface area contributed by atoms with E-state index in [0.717, 1.165) is 11.9 Å². The number of hydrogen-bond donors (Lipinski definition) is 0.